The summed E-state index contributed by atoms with van der Waals surface area (Å²) in [5, 5.41) is 5.59. The zero-order valence-corrected chi connectivity index (χ0v) is 37.3. The summed E-state index contributed by atoms with van der Waals surface area (Å²) in [5.41, 5.74) is 10.3. The molecule has 0 bridgehead atoms. The Bertz CT molecular complexity index is 3780. The maximum absolute atomic E-state index is 14.5. The van der Waals surface area contributed by atoms with Crippen LogP contribution in [0.5, 0.6) is 11.5 Å². The van der Waals surface area contributed by atoms with Crippen LogP contribution in [0.1, 0.15) is 0 Å². The molecule has 2 heterocycles. The predicted molar refractivity (Wildman–Crippen MR) is 273 cm³/mol. The highest BCUT2D eigenvalue weighted by molar-refractivity contribution is 8.00. The van der Waals surface area contributed by atoms with Crippen LogP contribution in [-0.4, -0.2) is 14.2 Å². The highest BCUT2D eigenvalue weighted by Gasteiger charge is 2.29. The fraction of sp³-hybridized carbons (Fsp3) is 0.0345. The third kappa shape index (κ3) is 5.92. The second-order valence-electron chi connectivity index (χ2n) is 16.7. The van der Waals surface area contributed by atoms with E-state index in [1.165, 1.54) is 0 Å². The first-order valence-corrected chi connectivity index (χ1v) is 23.3. The largest absolute Gasteiger partial charge is 0.497 e. The molecule has 0 atom stereocenters. The molecule has 0 radical (unpaired) electrons. The average Bonchev–Trinajstić information content (AvgIpc) is 3.81. The molecule has 11 aromatic carbocycles. The van der Waals surface area contributed by atoms with Crippen LogP contribution in [0.2, 0.25) is 0 Å². The number of methoxy groups -OCH3 is 2. The highest BCUT2D eigenvalue weighted by atomic mass is 32.2. The van der Waals surface area contributed by atoms with E-state index in [0.717, 1.165) is 109 Å². The Morgan fingerprint density at radius 2 is 0.712 bits per heavy atom. The van der Waals surface area contributed by atoms with Gasteiger partial charge < -0.3 is 19.3 Å². The standard InChI is InChI=1S/C58H36N2O4S2/c1-63-39-17-23-55-51(29-39)60(52-30-40(64-2)18-24-56(52)66-55)38-16-20-42-44(28-38)46-32-47-45(31-48(46)58(42)62)43-27-37(15-19-41(43)57(47)61)59-49-25-35(33-9-5-3-6-10-33)13-21-53(49)65-54-22-14-36(26-50(54)59)34-11-7-4-8-12-34/h3-32H,1-2H3. The number of ether oxygens (including phenoxy) is 2. The lowest BCUT2D eigenvalue weighted by molar-refractivity contribution is 0.414. The second kappa shape index (κ2) is 14.9. The number of rotatable bonds is 6. The summed E-state index contributed by atoms with van der Waals surface area (Å²) in [7, 11) is 3.34. The normalized spacial score (nSPS) is 12.9. The molecular formula is C58H36N2O4S2. The van der Waals surface area contributed by atoms with Crippen molar-refractivity contribution in [1.82, 2.24) is 0 Å². The quantitative estimate of drug-likeness (QED) is 0.164. The van der Waals surface area contributed by atoms with Gasteiger partial charge >= 0.3 is 0 Å². The molecule has 13 rings (SSSR count). The topological polar surface area (TPSA) is 59.1 Å². The van der Waals surface area contributed by atoms with E-state index in [1.807, 2.05) is 66.7 Å². The molecule has 11 aromatic rings. The van der Waals surface area contributed by atoms with Crippen molar-refractivity contribution < 1.29 is 9.47 Å². The summed E-state index contributed by atoms with van der Waals surface area (Å²) < 4.78 is 11.4. The summed E-state index contributed by atoms with van der Waals surface area (Å²) in [4.78, 5) is 38.0. The van der Waals surface area contributed by atoms with E-state index in [4.69, 9.17) is 9.47 Å². The first kappa shape index (κ1) is 38.7. The highest BCUT2D eigenvalue weighted by Crippen LogP contribution is 2.55. The number of nitrogens with zero attached hydrogens (tertiary/aromatic N) is 2. The molecule has 0 amide bonds. The average molecular weight is 889 g/mol. The van der Waals surface area contributed by atoms with Crippen molar-refractivity contribution in [2.45, 2.75) is 19.6 Å². The molecule has 0 aliphatic carbocycles. The number of anilines is 6. The number of hydrogen-bond donors (Lipinski definition) is 0. The van der Waals surface area contributed by atoms with E-state index < -0.39 is 0 Å². The van der Waals surface area contributed by atoms with Crippen LogP contribution in [0.15, 0.2) is 211 Å². The Morgan fingerprint density at radius 1 is 0.333 bits per heavy atom. The van der Waals surface area contributed by atoms with E-state index in [1.54, 1.807) is 37.7 Å². The molecule has 0 saturated carbocycles. The molecule has 2 aliphatic heterocycles. The smallest absolute Gasteiger partial charge is 0.194 e. The van der Waals surface area contributed by atoms with Crippen LogP contribution in [0.25, 0.3) is 65.3 Å². The van der Waals surface area contributed by atoms with Gasteiger partial charge in [-0.05, 0) is 141 Å². The lowest BCUT2D eigenvalue weighted by atomic mass is 10.0. The molecule has 0 N–H and O–H groups in total. The molecule has 0 spiro atoms. The van der Waals surface area contributed by atoms with Gasteiger partial charge in [0.05, 0.1) is 37.0 Å². The van der Waals surface area contributed by atoms with Gasteiger partial charge in [0.2, 0.25) is 0 Å². The maximum atomic E-state index is 14.5. The monoisotopic (exact) mass is 888 g/mol. The molecular weight excluding hydrogens is 853 g/mol. The van der Waals surface area contributed by atoms with E-state index in [0.29, 0.717) is 21.5 Å². The minimum Gasteiger partial charge on any atom is -0.497 e. The summed E-state index contributed by atoms with van der Waals surface area (Å²) >= 11 is 3.46. The zero-order chi connectivity index (χ0) is 44.2. The van der Waals surface area contributed by atoms with Crippen LogP contribution in [0, 0.1) is 0 Å². The third-order valence-corrected chi connectivity index (χ3v) is 15.4. The van der Waals surface area contributed by atoms with Gasteiger partial charge in [-0.3, -0.25) is 9.59 Å². The van der Waals surface area contributed by atoms with E-state index in [9.17, 15) is 9.59 Å². The Morgan fingerprint density at radius 3 is 1.12 bits per heavy atom. The third-order valence-electron chi connectivity index (χ3n) is 13.1. The summed E-state index contributed by atoms with van der Waals surface area (Å²) in [5.74, 6) is 1.48. The number of benzene rings is 9. The van der Waals surface area contributed by atoms with Crippen LogP contribution in [0.3, 0.4) is 0 Å². The molecule has 8 heteroatoms. The van der Waals surface area contributed by atoms with Gasteiger partial charge in [0, 0.05) is 64.6 Å². The van der Waals surface area contributed by atoms with E-state index >= 15 is 0 Å². The SMILES string of the molecule is COc1ccc2c(c1)N(c1ccc3c(=O)c4cc5c(cc4c3c1)c(=O)c1ccc(N3c4cc(-c6ccccc6)ccc4Sc4ccc(-c6ccccc6)cc43)cc15)c1cc(OC)ccc1S2. The lowest BCUT2D eigenvalue weighted by Crippen LogP contribution is -2.15. The molecule has 6 nitrogen and oxygen atoms in total. The van der Waals surface area contributed by atoms with Crippen LogP contribution >= 0.6 is 23.5 Å². The first-order valence-electron chi connectivity index (χ1n) is 21.7. The van der Waals surface area contributed by atoms with Crippen molar-refractivity contribution in [1.29, 1.82) is 0 Å². The van der Waals surface area contributed by atoms with Crippen molar-refractivity contribution in [3.8, 4) is 33.8 Å². The summed E-state index contributed by atoms with van der Waals surface area (Å²) in [6, 6.07) is 62.5. The van der Waals surface area contributed by atoms with Crippen molar-refractivity contribution >= 4 is 101 Å². The lowest BCUT2D eigenvalue weighted by Gasteiger charge is -2.34. The minimum atomic E-state index is -0.0532. The van der Waals surface area contributed by atoms with Crippen molar-refractivity contribution in [3.63, 3.8) is 0 Å². The molecule has 0 saturated heterocycles. The van der Waals surface area contributed by atoms with Crippen molar-refractivity contribution in [2.75, 3.05) is 24.0 Å². The minimum absolute atomic E-state index is 0.0470. The maximum Gasteiger partial charge on any atom is 0.194 e. The summed E-state index contributed by atoms with van der Waals surface area (Å²) in [6.45, 7) is 0. The fourth-order valence-corrected chi connectivity index (χ4v) is 11.9. The van der Waals surface area contributed by atoms with Crippen molar-refractivity contribution in [2.24, 2.45) is 0 Å². The molecule has 66 heavy (non-hydrogen) atoms. The van der Waals surface area contributed by atoms with Crippen LogP contribution < -0.4 is 30.1 Å². The van der Waals surface area contributed by atoms with Crippen LogP contribution in [-0.2, 0) is 0 Å². The number of fused-ring (bicyclic) bond motifs is 10. The Labute approximate surface area is 388 Å². The predicted octanol–water partition coefficient (Wildman–Crippen LogP) is 15.1. The summed E-state index contributed by atoms with van der Waals surface area (Å²) in [6.07, 6.45) is 0. The van der Waals surface area contributed by atoms with Crippen molar-refractivity contribution in [3.05, 3.63) is 202 Å². The van der Waals surface area contributed by atoms with E-state index in [-0.39, 0.29) is 10.9 Å². The molecule has 2 aliphatic rings. The van der Waals surface area contributed by atoms with Gasteiger partial charge in [-0.1, -0.05) is 96.3 Å². The molecule has 314 valence electrons. The van der Waals surface area contributed by atoms with Gasteiger partial charge in [0.1, 0.15) is 11.5 Å². The first-order chi connectivity index (χ1) is 32.4. The molecule has 0 unspecified atom stereocenters. The van der Waals surface area contributed by atoms with Gasteiger partial charge in [-0.2, -0.15) is 0 Å². The number of hydrogen-bond acceptors (Lipinski definition) is 8. The Balaban J connectivity index is 0.992. The van der Waals surface area contributed by atoms with Gasteiger partial charge in [-0.15, -0.1) is 0 Å². The molecule has 0 fully saturated rings. The zero-order valence-electron chi connectivity index (χ0n) is 35.7. The van der Waals surface area contributed by atoms with Crippen LogP contribution in [0.4, 0.5) is 34.1 Å². The Kier molecular flexibility index (Phi) is 8.72. The fourth-order valence-electron chi connectivity index (χ4n) is 9.90. The van der Waals surface area contributed by atoms with E-state index in [2.05, 4.69) is 125 Å². The molecule has 0 aromatic heterocycles. The van der Waals surface area contributed by atoms with Gasteiger partial charge in [0.25, 0.3) is 0 Å². The van der Waals surface area contributed by atoms with Gasteiger partial charge in [-0.25, -0.2) is 0 Å². The Hall–Kier alpha value is -7.78. The second-order valence-corrected chi connectivity index (χ2v) is 18.9. The van der Waals surface area contributed by atoms with Gasteiger partial charge in [0.15, 0.2) is 10.9 Å².